The van der Waals surface area contributed by atoms with Gasteiger partial charge in [-0.15, -0.1) is 0 Å². The highest BCUT2D eigenvalue weighted by atomic mass is 16.2. The molecule has 3 aromatic rings. The lowest BCUT2D eigenvalue weighted by Crippen LogP contribution is -2.39. The summed E-state index contributed by atoms with van der Waals surface area (Å²) in [6.45, 7) is 2.29. The molecule has 29 heavy (non-hydrogen) atoms. The second-order valence-corrected chi connectivity index (χ2v) is 7.57. The van der Waals surface area contributed by atoms with E-state index >= 15 is 0 Å². The molecule has 1 aliphatic heterocycles. The molecule has 0 saturated carbocycles. The van der Waals surface area contributed by atoms with Crippen LogP contribution in [0.2, 0.25) is 0 Å². The van der Waals surface area contributed by atoms with Crippen molar-refractivity contribution < 1.29 is 4.79 Å². The number of carbonyl (C=O) groups excluding carboxylic acids is 1. The van der Waals surface area contributed by atoms with Gasteiger partial charge >= 0.3 is 0 Å². The quantitative estimate of drug-likeness (QED) is 0.690. The van der Waals surface area contributed by atoms with Crippen molar-refractivity contribution in [3.8, 4) is 0 Å². The maximum absolute atomic E-state index is 12.8. The van der Waals surface area contributed by atoms with Gasteiger partial charge in [0.15, 0.2) is 0 Å². The predicted octanol–water partition coefficient (Wildman–Crippen LogP) is 4.18. The molecule has 1 amide bonds. The zero-order valence-corrected chi connectivity index (χ0v) is 16.5. The molecule has 0 radical (unpaired) electrons. The molecule has 1 saturated heterocycles. The van der Waals surface area contributed by atoms with Crippen LogP contribution in [0.4, 0.5) is 5.82 Å². The number of benzene rings is 1. The van der Waals surface area contributed by atoms with Gasteiger partial charge in [-0.25, -0.2) is 4.98 Å². The van der Waals surface area contributed by atoms with Gasteiger partial charge in [0, 0.05) is 38.2 Å². The Morgan fingerprint density at radius 2 is 1.76 bits per heavy atom. The maximum Gasteiger partial charge on any atom is 0.255 e. The second kappa shape index (κ2) is 9.32. The molecule has 5 heteroatoms. The van der Waals surface area contributed by atoms with Crippen LogP contribution in [0.15, 0.2) is 73.2 Å². The minimum Gasteiger partial charge on any atom is -0.366 e. The van der Waals surface area contributed by atoms with Crippen molar-refractivity contribution in [2.24, 2.45) is 5.92 Å². The zero-order chi connectivity index (χ0) is 19.9. The minimum absolute atomic E-state index is 0.0782. The summed E-state index contributed by atoms with van der Waals surface area (Å²) in [6.07, 6.45) is 8.46. The number of carbonyl (C=O) groups is 1. The Bertz CT molecular complexity index is 905. The average Bonchev–Trinajstić information content (AvgIpc) is 2.79. The zero-order valence-electron chi connectivity index (χ0n) is 16.5. The molecule has 0 aliphatic carbocycles. The number of likely N-dealkylation sites (tertiary alicyclic amines) is 1. The van der Waals surface area contributed by atoms with Crippen molar-refractivity contribution in [3.63, 3.8) is 0 Å². The van der Waals surface area contributed by atoms with Crippen molar-refractivity contribution in [3.05, 3.63) is 89.9 Å². The number of nitrogens with one attached hydrogen (secondary N) is 1. The Morgan fingerprint density at radius 3 is 2.45 bits per heavy atom. The number of piperidine rings is 1. The van der Waals surface area contributed by atoms with E-state index in [0.29, 0.717) is 18.0 Å². The van der Waals surface area contributed by atoms with Gasteiger partial charge in [-0.2, -0.15) is 0 Å². The summed E-state index contributed by atoms with van der Waals surface area (Å²) in [6, 6.07) is 18.3. The lowest BCUT2D eigenvalue weighted by molar-refractivity contribution is 0.0690. The predicted molar refractivity (Wildman–Crippen MR) is 115 cm³/mol. The van der Waals surface area contributed by atoms with E-state index in [4.69, 9.17) is 0 Å². The summed E-state index contributed by atoms with van der Waals surface area (Å²) in [5, 5.41) is 3.26. The number of aromatic nitrogens is 2. The molecule has 1 aromatic carbocycles. The van der Waals surface area contributed by atoms with Crippen LogP contribution in [-0.4, -0.2) is 33.9 Å². The standard InChI is InChI=1S/C24H26N4O/c29-24(28-13-10-20(11-14-28)15-19-5-2-1-3-6-19)22-8-9-23(27-18-22)26-17-21-7-4-12-25-16-21/h1-9,12,16,18,20H,10-11,13-15,17H2,(H,26,27). The Morgan fingerprint density at radius 1 is 0.966 bits per heavy atom. The Labute approximate surface area is 171 Å². The highest BCUT2D eigenvalue weighted by Gasteiger charge is 2.24. The molecule has 0 unspecified atom stereocenters. The summed E-state index contributed by atoms with van der Waals surface area (Å²) in [7, 11) is 0. The summed E-state index contributed by atoms with van der Waals surface area (Å²) < 4.78 is 0. The summed E-state index contributed by atoms with van der Waals surface area (Å²) >= 11 is 0. The molecule has 0 atom stereocenters. The van der Waals surface area contributed by atoms with E-state index in [-0.39, 0.29) is 5.91 Å². The fourth-order valence-electron chi connectivity index (χ4n) is 3.79. The lowest BCUT2D eigenvalue weighted by atomic mass is 9.90. The van der Waals surface area contributed by atoms with Crippen molar-refractivity contribution >= 4 is 11.7 Å². The molecule has 1 N–H and O–H groups in total. The Kier molecular flexibility index (Phi) is 6.15. The molecule has 0 bridgehead atoms. The molecular formula is C24H26N4O. The number of nitrogens with zero attached hydrogens (tertiary/aromatic N) is 3. The van der Waals surface area contributed by atoms with E-state index in [9.17, 15) is 4.79 Å². The Balaban J connectivity index is 1.27. The Hall–Kier alpha value is -3.21. The minimum atomic E-state index is 0.0782. The number of anilines is 1. The third kappa shape index (κ3) is 5.19. The number of pyridine rings is 2. The maximum atomic E-state index is 12.8. The topological polar surface area (TPSA) is 58.1 Å². The number of rotatable bonds is 6. The molecule has 148 valence electrons. The largest absolute Gasteiger partial charge is 0.366 e. The van der Waals surface area contributed by atoms with E-state index in [1.807, 2.05) is 35.4 Å². The van der Waals surface area contributed by atoms with Gasteiger partial charge in [-0.1, -0.05) is 36.4 Å². The van der Waals surface area contributed by atoms with Gasteiger partial charge in [-0.3, -0.25) is 9.78 Å². The molecule has 1 fully saturated rings. The molecule has 1 aliphatic rings. The van der Waals surface area contributed by atoms with E-state index in [0.717, 1.165) is 43.7 Å². The lowest BCUT2D eigenvalue weighted by Gasteiger charge is -2.32. The first-order valence-corrected chi connectivity index (χ1v) is 10.2. The van der Waals surface area contributed by atoms with Crippen LogP contribution in [-0.2, 0) is 13.0 Å². The van der Waals surface area contributed by atoms with Gasteiger partial charge in [0.25, 0.3) is 5.91 Å². The van der Waals surface area contributed by atoms with E-state index in [1.165, 1.54) is 5.56 Å². The summed E-state index contributed by atoms with van der Waals surface area (Å²) in [5.74, 6) is 1.49. The SMILES string of the molecule is O=C(c1ccc(NCc2cccnc2)nc1)N1CCC(Cc2ccccc2)CC1. The van der Waals surface area contributed by atoms with E-state index < -0.39 is 0 Å². The van der Waals surface area contributed by atoms with Crippen LogP contribution in [0.1, 0.15) is 34.3 Å². The van der Waals surface area contributed by atoms with Crippen LogP contribution in [0.25, 0.3) is 0 Å². The number of amides is 1. The number of hydrogen-bond donors (Lipinski definition) is 1. The van der Waals surface area contributed by atoms with Gasteiger partial charge in [0.1, 0.15) is 5.82 Å². The third-order valence-corrected chi connectivity index (χ3v) is 5.48. The smallest absolute Gasteiger partial charge is 0.255 e. The van der Waals surface area contributed by atoms with Crippen LogP contribution in [0.3, 0.4) is 0 Å². The molecule has 0 spiro atoms. The molecular weight excluding hydrogens is 360 g/mol. The van der Waals surface area contributed by atoms with E-state index in [2.05, 4.69) is 45.6 Å². The second-order valence-electron chi connectivity index (χ2n) is 7.57. The van der Waals surface area contributed by atoms with Crippen molar-refractivity contribution in [1.82, 2.24) is 14.9 Å². The van der Waals surface area contributed by atoms with Crippen molar-refractivity contribution in [1.29, 1.82) is 0 Å². The first-order valence-electron chi connectivity index (χ1n) is 10.2. The molecule has 3 heterocycles. The summed E-state index contributed by atoms with van der Waals surface area (Å²) in [4.78, 5) is 23.3. The van der Waals surface area contributed by atoms with Crippen LogP contribution >= 0.6 is 0 Å². The fourth-order valence-corrected chi connectivity index (χ4v) is 3.79. The van der Waals surface area contributed by atoms with Crippen LogP contribution in [0.5, 0.6) is 0 Å². The van der Waals surface area contributed by atoms with Gasteiger partial charge in [0.2, 0.25) is 0 Å². The molecule has 5 nitrogen and oxygen atoms in total. The highest BCUT2D eigenvalue weighted by Crippen LogP contribution is 2.23. The van der Waals surface area contributed by atoms with E-state index in [1.54, 1.807) is 12.4 Å². The first kappa shape index (κ1) is 19.1. The summed E-state index contributed by atoms with van der Waals surface area (Å²) in [5.41, 5.74) is 3.13. The van der Waals surface area contributed by atoms with Crippen LogP contribution < -0.4 is 5.32 Å². The third-order valence-electron chi connectivity index (χ3n) is 5.48. The monoisotopic (exact) mass is 386 g/mol. The number of hydrogen-bond acceptors (Lipinski definition) is 4. The fraction of sp³-hybridized carbons (Fsp3) is 0.292. The molecule has 2 aromatic heterocycles. The molecule has 4 rings (SSSR count). The van der Waals surface area contributed by atoms with Gasteiger partial charge in [-0.05, 0) is 54.5 Å². The van der Waals surface area contributed by atoms with Gasteiger partial charge < -0.3 is 10.2 Å². The van der Waals surface area contributed by atoms with Crippen molar-refractivity contribution in [2.75, 3.05) is 18.4 Å². The van der Waals surface area contributed by atoms with Gasteiger partial charge in [0.05, 0.1) is 5.56 Å². The highest BCUT2D eigenvalue weighted by molar-refractivity contribution is 5.94. The van der Waals surface area contributed by atoms with Crippen molar-refractivity contribution in [2.45, 2.75) is 25.8 Å². The van der Waals surface area contributed by atoms with Crippen LogP contribution in [0, 0.1) is 5.92 Å². The average molecular weight is 386 g/mol. The first-order chi connectivity index (χ1) is 14.3. The normalized spacial score (nSPS) is 14.6.